The maximum Gasteiger partial charge on any atom is 0.262 e. The summed E-state index contributed by atoms with van der Waals surface area (Å²) in [5.74, 6) is -2.81. The van der Waals surface area contributed by atoms with Gasteiger partial charge in [0, 0.05) is 0 Å². The molecular weight excluding hydrogens is 315 g/mol. The van der Waals surface area contributed by atoms with E-state index in [1.807, 2.05) is 5.32 Å². The van der Waals surface area contributed by atoms with Crippen LogP contribution in [0, 0.1) is 5.82 Å². The first-order chi connectivity index (χ1) is 11.3. The van der Waals surface area contributed by atoms with Crippen LogP contribution < -0.4 is 5.32 Å². The fourth-order valence-electron chi connectivity index (χ4n) is 2.83. The zero-order valence-electron chi connectivity index (χ0n) is 13.8. The standard InChI is InChI=1S/C17H19FN2O4/c1-4-5-14(15(22)19-8-21)20-16(23)11-6-10(9(2)3)13(18)7-12(11)17(20)24/h6-9,14H,4-5H2,1-3H3,(H,19,21,22). The van der Waals surface area contributed by atoms with Crippen molar-refractivity contribution in [2.24, 2.45) is 0 Å². The number of benzene rings is 1. The lowest BCUT2D eigenvalue weighted by Gasteiger charge is -2.23. The smallest absolute Gasteiger partial charge is 0.262 e. The van der Waals surface area contributed by atoms with Gasteiger partial charge in [0.25, 0.3) is 11.8 Å². The van der Waals surface area contributed by atoms with Gasteiger partial charge in [0.15, 0.2) is 0 Å². The average Bonchev–Trinajstić information content (AvgIpc) is 2.75. The molecular formula is C17H19FN2O4. The molecule has 0 aliphatic carbocycles. The summed E-state index contributed by atoms with van der Waals surface area (Å²) in [7, 11) is 0. The Morgan fingerprint density at radius 2 is 1.83 bits per heavy atom. The van der Waals surface area contributed by atoms with Crippen LogP contribution in [0.15, 0.2) is 12.1 Å². The minimum atomic E-state index is -1.10. The number of halogens is 1. The number of hydrogen-bond acceptors (Lipinski definition) is 4. The van der Waals surface area contributed by atoms with Gasteiger partial charge in [0.05, 0.1) is 11.1 Å². The molecule has 1 aromatic rings. The van der Waals surface area contributed by atoms with Crippen molar-refractivity contribution in [3.05, 3.63) is 34.6 Å². The summed E-state index contributed by atoms with van der Waals surface area (Å²) < 4.78 is 14.1. The summed E-state index contributed by atoms with van der Waals surface area (Å²) in [6.07, 6.45) is 0.945. The Kier molecular flexibility index (Phi) is 5.11. The van der Waals surface area contributed by atoms with Crippen molar-refractivity contribution in [3.63, 3.8) is 0 Å². The van der Waals surface area contributed by atoms with Crippen LogP contribution in [0.25, 0.3) is 0 Å². The molecule has 7 heteroatoms. The van der Waals surface area contributed by atoms with Gasteiger partial charge in [-0.25, -0.2) is 4.39 Å². The normalized spacial score (nSPS) is 14.8. The number of fused-ring (bicyclic) bond motifs is 1. The van der Waals surface area contributed by atoms with E-state index in [9.17, 15) is 23.6 Å². The molecule has 6 nitrogen and oxygen atoms in total. The molecule has 0 saturated heterocycles. The summed E-state index contributed by atoms with van der Waals surface area (Å²) in [5.41, 5.74) is 0.369. The molecule has 1 aromatic carbocycles. The van der Waals surface area contributed by atoms with Crippen LogP contribution in [0.3, 0.4) is 0 Å². The molecule has 0 aromatic heterocycles. The van der Waals surface area contributed by atoms with Crippen molar-refractivity contribution in [1.29, 1.82) is 0 Å². The molecule has 1 aliphatic heterocycles. The lowest BCUT2D eigenvalue weighted by atomic mass is 9.97. The second-order valence-electron chi connectivity index (χ2n) is 5.99. The largest absolute Gasteiger partial charge is 0.297 e. The van der Waals surface area contributed by atoms with E-state index in [0.29, 0.717) is 12.0 Å². The lowest BCUT2D eigenvalue weighted by Crippen LogP contribution is -2.49. The SMILES string of the molecule is CCCC(C(=O)NC=O)N1C(=O)c2cc(F)c(C(C)C)cc2C1=O. The van der Waals surface area contributed by atoms with Crippen molar-refractivity contribution in [2.75, 3.05) is 0 Å². The van der Waals surface area contributed by atoms with E-state index in [4.69, 9.17) is 0 Å². The molecule has 1 unspecified atom stereocenters. The molecule has 0 saturated carbocycles. The Morgan fingerprint density at radius 3 is 2.33 bits per heavy atom. The predicted molar refractivity (Wildman–Crippen MR) is 83.9 cm³/mol. The maximum atomic E-state index is 14.1. The van der Waals surface area contributed by atoms with Crippen LogP contribution in [0.1, 0.15) is 65.8 Å². The third kappa shape index (κ3) is 2.93. The first-order valence-electron chi connectivity index (χ1n) is 7.78. The van der Waals surface area contributed by atoms with Crippen molar-refractivity contribution < 1.29 is 23.6 Å². The van der Waals surface area contributed by atoms with Gasteiger partial charge in [-0.1, -0.05) is 27.2 Å². The molecule has 4 amide bonds. The zero-order chi connectivity index (χ0) is 18.0. The Bertz CT molecular complexity index is 715. The second kappa shape index (κ2) is 6.90. The molecule has 24 heavy (non-hydrogen) atoms. The van der Waals surface area contributed by atoms with E-state index in [2.05, 4.69) is 0 Å². The fraction of sp³-hybridized carbons (Fsp3) is 0.412. The average molecular weight is 334 g/mol. The molecule has 0 bridgehead atoms. The van der Waals surface area contributed by atoms with E-state index in [1.165, 1.54) is 6.07 Å². The number of nitrogens with one attached hydrogen (secondary N) is 1. The quantitative estimate of drug-likeness (QED) is 0.637. The molecule has 128 valence electrons. The van der Waals surface area contributed by atoms with Crippen molar-refractivity contribution in [3.8, 4) is 0 Å². The first-order valence-corrected chi connectivity index (χ1v) is 7.78. The van der Waals surface area contributed by atoms with Crippen molar-refractivity contribution in [2.45, 2.75) is 45.6 Å². The molecule has 0 radical (unpaired) electrons. The highest BCUT2D eigenvalue weighted by Crippen LogP contribution is 2.31. The van der Waals surface area contributed by atoms with Gasteiger partial charge >= 0.3 is 0 Å². The third-order valence-corrected chi connectivity index (χ3v) is 4.03. The van der Waals surface area contributed by atoms with Crippen LogP contribution >= 0.6 is 0 Å². The monoisotopic (exact) mass is 334 g/mol. The maximum absolute atomic E-state index is 14.1. The number of hydrogen-bond donors (Lipinski definition) is 1. The Morgan fingerprint density at radius 1 is 1.25 bits per heavy atom. The minimum Gasteiger partial charge on any atom is -0.297 e. The molecule has 1 aliphatic rings. The predicted octanol–water partition coefficient (Wildman–Crippen LogP) is 1.99. The van der Waals surface area contributed by atoms with E-state index < -0.39 is 29.6 Å². The van der Waals surface area contributed by atoms with Gasteiger partial charge < -0.3 is 0 Å². The van der Waals surface area contributed by atoms with Crippen molar-refractivity contribution >= 4 is 24.1 Å². The van der Waals surface area contributed by atoms with Gasteiger partial charge in [0.1, 0.15) is 11.9 Å². The molecule has 1 N–H and O–H groups in total. The van der Waals surface area contributed by atoms with E-state index in [-0.39, 0.29) is 29.9 Å². The van der Waals surface area contributed by atoms with Gasteiger partial charge in [-0.3, -0.25) is 29.4 Å². The molecule has 0 fully saturated rings. The second-order valence-corrected chi connectivity index (χ2v) is 5.99. The summed E-state index contributed by atoms with van der Waals surface area (Å²) in [6, 6.07) is 1.32. The van der Waals surface area contributed by atoms with E-state index in [1.54, 1.807) is 20.8 Å². The van der Waals surface area contributed by atoms with Crippen LogP contribution in [-0.2, 0) is 9.59 Å². The van der Waals surface area contributed by atoms with Crippen LogP contribution in [0.2, 0.25) is 0 Å². The van der Waals surface area contributed by atoms with E-state index >= 15 is 0 Å². The molecule has 1 atom stereocenters. The number of carbonyl (C=O) groups is 4. The summed E-state index contributed by atoms with van der Waals surface area (Å²) in [4.78, 5) is 48.5. The zero-order valence-corrected chi connectivity index (χ0v) is 13.8. The van der Waals surface area contributed by atoms with Gasteiger partial charge in [-0.15, -0.1) is 0 Å². The lowest BCUT2D eigenvalue weighted by molar-refractivity contribution is -0.128. The minimum absolute atomic E-state index is 0.0538. The van der Waals surface area contributed by atoms with Crippen LogP contribution in [0.4, 0.5) is 4.39 Å². The van der Waals surface area contributed by atoms with E-state index in [0.717, 1.165) is 11.0 Å². The van der Waals surface area contributed by atoms with Crippen molar-refractivity contribution in [1.82, 2.24) is 10.2 Å². The fourth-order valence-corrected chi connectivity index (χ4v) is 2.83. The number of nitrogens with zero attached hydrogens (tertiary/aromatic N) is 1. The summed E-state index contributed by atoms with van der Waals surface area (Å²) in [6.45, 7) is 5.35. The number of imide groups is 2. The first kappa shape index (κ1) is 17.8. The Labute approximate surface area is 139 Å². The highest BCUT2D eigenvalue weighted by Gasteiger charge is 2.43. The van der Waals surface area contributed by atoms with Gasteiger partial charge in [-0.05, 0) is 30.0 Å². The van der Waals surface area contributed by atoms with Gasteiger partial charge in [0.2, 0.25) is 12.3 Å². The summed E-state index contributed by atoms with van der Waals surface area (Å²) in [5, 5.41) is 1.98. The highest BCUT2D eigenvalue weighted by atomic mass is 19.1. The number of amides is 4. The molecule has 0 spiro atoms. The molecule has 2 rings (SSSR count). The van der Waals surface area contributed by atoms with Gasteiger partial charge in [-0.2, -0.15) is 0 Å². The highest BCUT2D eigenvalue weighted by molar-refractivity contribution is 6.23. The summed E-state index contributed by atoms with van der Waals surface area (Å²) >= 11 is 0. The molecule has 1 heterocycles. The van der Waals surface area contributed by atoms with Crippen LogP contribution in [0.5, 0.6) is 0 Å². The van der Waals surface area contributed by atoms with Crippen LogP contribution in [-0.4, -0.2) is 35.1 Å². The number of carbonyl (C=O) groups excluding carboxylic acids is 4. The Hall–Kier alpha value is -2.57. The third-order valence-electron chi connectivity index (χ3n) is 4.03. The topological polar surface area (TPSA) is 83.6 Å². The number of rotatable bonds is 6. The Balaban J connectivity index is 2.47.